The highest BCUT2D eigenvalue weighted by atomic mass is 15.1. The second-order valence-corrected chi connectivity index (χ2v) is 4.90. The summed E-state index contributed by atoms with van der Waals surface area (Å²) in [5.41, 5.74) is 3.12. The van der Waals surface area contributed by atoms with Gasteiger partial charge in [-0.2, -0.15) is 5.26 Å². The quantitative estimate of drug-likeness (QED) is 0.863. The van der Waals surface area contributed by atoms with Gasteiger partial charge in [-0.1, -0.05) is 6.07 Å². The van der Waals surface area contributed by atoms with Gasteiger partial charge < -0.3 is 10.2 Å². The minimum Gasteiger partial charge on any atom is -0.372 e. The van der Waals surface area contributed by atoms with Gasteiger partial charge >= 0.3 is 0 Å². The van der Waals surface area contributed by atoms with Crippen LogP contribution >= 0.6 is 0 Å². The average Bonchev–Trinajstić information content (AvgIpc) is 2.27. The summed E-state index contributed by atoms with van der Waals surface area (Å²) >= 11 is 0. The zero-order valence-corrected chi connectivity index (χ0v) is 11.3. The molecule has 92 valence electrons. The van der Waals surface area contributed by atoms with E-state index in [0.29, 0.717) is 6.54 Å². The van der Waals surface area contributed by atoms with Crippen molar-refractivity contribution in [2.24, 2.45) is 0 Å². The number of nitrogens with zero attached hydrogens (tertiary/aromatic N) is 2. The molecule has 0 spiro atoms. The highest BCUT2D eigenvalue weighted by molar-refractivity contribution is 5.51. The van der Waals surface area contributed by atoms with Crippen molar-refractivity contribution < 1.29 is 0 Å². The third kappa shape index (κ3) is 3.47. The number of likely N-dealkylation sites (N-methyl/N-ethyl adjacent to an activating group) is 2. The summed E-state index contributed by atoms with van der Waals surface area (Å²) < 4.78 is 0. The van der Waals surface area contributed by atoms with Gasteiger partial charge in [0.05, 0.1) is 6.07 Å². The molecule has 0 radical (unpaired) electrons. The van der Waals surface area contributed by atoms with Crippen LogP contribution in [0.1, 0.15) is 18.1 Å². The third-order valence-corrected chi connectivity index (χ3v) is 3.00. The molecule has 1 rings (SSSR count). The maximum absolute atomic E-state index is 9.15. The smallest absolute Gasteiger partial charge is 0.121 e. The lowest BCUT2D eigenvalue weighted by Crippen LogP contribution is -2.47. The van der Waals surface area contributed by atoms with Crippen molar-refractivity contribution in [2.75, 3.05) is 25.5 Å². The van der Waals surface area contributed by atoms with Crippen molar-refractivity contribution in [1.29, 1.82) is 5.26 Å². The van der Waals surface area contributed by atoms with E-state index in [1.807, 2.05) is 21.0 Å². The van der Waals surface area contributed by atoms with Gasteiger partial charge in [0.25, 0.3) is 0 Å². The fourth-order valence-electron chi connectivity index (χ4n) is 1.91. The van der Waals surface area contributed by atoms with Crippen LogP contribution in [0.3, 0.4) is 0 Å². The first kappa shape index (κ1) is 13.5. The Morgan fingerprint density at radius 3 is 2.24 bits per heavy atom. The van der Waals surface area contributed by atoms with Crippen molar-refractivity contribution >= 4 is 5.69 Å². The molecular weight excluding hydrogens is 210 g/mol. The highest BCUT2D eigenvalue weighted by Crippen LogP contribution is 2.19. The summed E-state index contributed by atoms with van der Waals surface area (Å²) in [5, 5.41) is 12.2. The van der Waals surface area contributed by atoms with Crippen LogP contribution in [0, 0.1) is 25.2 Å². The van der Waals surface area contributed by atoms with E-state index in [2.05, 4.69) is 48.3 Å². The Bertz CT molecular complexity index is 413. The van der Waals surface area contributed by atoms with Gasteiger partial charge in [0.1, 0.15) is 5.54 Å². The van der Waals surface area contributed by atoms with Gasteiger partial charge in [-0.25, -0.2) is 0 Å². The van der Waals surface area contributed by atoms with E-state index in [-0.39, 0.29) is 0 Å². The number of hydrogen-bond donors (Lipinski definition) is 1. The number of nitrogens with one attached hydrogen (secondary N) is 1. The average molecular weight is 231 g/mol. The van der Waals surface area contributed by atoms with Crippen LogP contribution in [0.2, 0.25) is 0 Å². The molecule has 0 aliphatic carbocycles. The van der Waals surface area contributed by atoms with Gasteiger partial charge in [-0.3, -0.25) is 0 Å². The molecule has 1 aromatic rings. The van der Waals surface area contributed by atoms with E-state index in [9.17, 15) is 0 Å². The molecule has 1 aromatic carbocycles. The third-order valence-electron chi connectivity index (χ3n) is 3.00. The summed E-state index contributed by atoms with van der Waals surface area (Å²) in [6, 6.07) is 8.74. The Balaban J connectivity index is 2.90. The minimum atomic E-state index is -0.521. The highest BCUT2D eigenvalue weighted by Gasteiger charge is 2.23. The van der Waals surface area contributed by atoms with Crippen molar-refractivity contribution in [3.8, 4) is 6.07 Å². The summed E-state index contributed by atoms with van der Waals surface area (Å²) in [6.07, 6.45) is 0. The lowest BCUT2D eigenvalue weighted by Gasteiger charge is -2.29. The van der Waals surface area contributed by atoms with Crippen molar-refractivity contribution in [3.63, 3.8) is 0 Å². The Kier molecular flexibility index (Phi) is 4.14. The van der Waals surface area contributed by atoms with Gasteiger partial charge in [-0.05, 0) is 51.1 Å². The molecule has 3 nitrogen and oxygen atoms in total. The van der Waals surface area contributed by atoms with E-state index < -0.39 is 5.54 Å². The Hall–Kier alpha value is -1.53. The van der Waals surface area contributed by atoms with Crippen LogP contribution in [-0.4, -0.2) is 26.2 Å². The molecule has 0 fully saturated rings. The number of hydrogen-bond acceptors (Lipinski definition) is 3. The van der Waals surface area contributed by atoms with Gasteiger partial charge in [-0.15, -0.1) is 0 Å². The molecule has 0 aliphatic heterocycles. The molecule has 1 N–H and O–H groups in total. The normalized spacial score (nSPS) is 13.9. The van der Waals surface area contributed by atoms with E-state index in [1.165, 1.54) is 11.1 Å². The van der Waals surface area contributed by atoms with Gasteiger partial charge in [0.2, 0.25) is 0 Å². The molecule has 0 heterocycles. The van der Waals surface area contributed by atoms with Crippen molar-refractivity contribution in [3.05, 3.63) is 29.3 Å². The second kappa shape index (κ2) is 5.20. The molecule has 1 unspecified atom stereocenters. The van der Waals surface area contributed by atoms with Crippen LogP contribution < -0.4 is 10.2 Å². The lowest BCUT2D eigenvalue weighted by molar-refractivity contribution is 0.492. The van der Waals surface area contributed by atoms with Crippen LogP contribution in [0.5, 0.6) is 0 Å². The number of rotatable bonds is 4. The molecule has 0 saturated carbocycles. The molecule has 3 heteroatoms. The summed E-state index contributed by atoms with van der Waals surface area (Å²) in [7, 11) is 3.83. The fourth-order valence-corrected chi connectivity index (χ4v) is 1.91. The maximum Gasteiger partial charge on any atom is 0.121 e. The predicted octanol–water partition coefficient (Wildman–Crippen LogP) is 2.24. The van der Waals surface area contributed by atoms with Crippen LogP contribution in [0.15, 0.2) is 18.2 Å². The van der Waals surface area contributed by atoms with Crippen LogP contribution in [0.25, 0.3) is 0 Å². The van der Waals surface area contributed by atoms with Crippen molar-refractivity contribution in [1.82, 2.24) is 5.32 Å². The van der Waals surface area contributed by atoms with Gasteiger partial charge in [0.15, 0.2) is 0 Å². The van der Waals surface area contributed by atoms with E-state index in [1.54, 1.807) is 0 Å². The number of benzene rings is 1. The Morgan fingerprint density at radius 2 is 1.82 bits per heavy atom. The first-order valence-corrected chi connectivity index (χ1v) is 5.80. The zero-order chi connectivity index (χ0) is 13.1. The maximum atomic E-state index is 9.15. The monoisotopic (exact) mass is 231 g/mol. The van der Waals surface area contributed by atoms with Crippen molar-refractivity contribution in [2.45, 2.75) is 26.3 Å². The van der Waals surface area contributed by atoms with E-state index in [4.69, 9.17) is 5.26 Å². The molecule has 1 atom stereocenters. The first-order chi connectivity index (χ1) is 7.90. The fraction of sp³-hybridized carbons (Fsp3) is 0.500. The predicted molar refractivity (Wildman–Crippen MR) is 72.3 cm³/mol. The second-order valence-electron chi connectivity index (χ2n) is 4.90. The molecule has 0 bridgehead atoms. The minimum absolute atomic E-state index is 0.521. The van der Waals surface area contributed by atoms with Crippen LogP contribution in [0.4, 0.5) is 5.69 Å². The SMILES string of the molecule is CNC(C)(C#N)CN(C)c1cc(C)cc(C)c1. The lowest BCUT2D eigenvalue weighted by atomic mass is 10.0. The summed E-state index contributed by atoms with van der Waals surface area (Å²) in [5.74, 6) is 0. The summed E-state index contributed by atoms with van der Waals surface area (Å²) in [4.78, 5) is 2.11. The summed E-state index contributed by atoms with van der Waals surface area (Å²) in [6.45, 7) is 6.74. The zero-order valence-electron chi connectivity index (χ0n) is 11.3. The molecule has 17 heavy (non-hydrogen) atoms. The molecule has 0 aromatic heterocycles. The van der Waals surface area contributed by atoms with E-state index >= 15 is 0 Å². The number of nitriles is 1. The molecule has 0 aliphatic rings. The first-order valence-electron chi connectivity index (χ1n) is 5.80. The Labute approximate surface area is 104 Å². The van der Waals surface area contributed by atoms with E-state index in [0.717, 1.165) is 5.69 Å². The molecule has 0 amide bonds. The Morgan fingerprint density at radius 1 is 1.29 bits per heavy atom. The number of aryl methyl sites for hydroxylation is 2. The van der Waals surface area contributed by atoms with Crippen LogP contribution in [-0.2, 0) is 0 Å². The number of anilines is 1. The standard InChI is InChI=1S/C14H21N3/c1-11-6-12(2)8-13(7-11)17(5)10-14(3,9-15)16-4/h6-8,16H,10H2,1-5H3. The van der Waals surface area contributed by atoms with Gasteiger partial charge in [0, 0.05) is 19.3 Å². The molecule has 0 saturated heterocycles. The topological polar surface area (TPSA) is 39.1 Å². The molecular formula is C14H21N3. The largest absolute Gasteiger partial charge is 0.372 e.